The summed E-state index contributed by atoms with van der Waals surface area (Å²) in [6.07, 6.45) is 7.52. The van der Waals surface area contributed by atoms with Gasteiger partial charge in [0, 0.05) is 50.2 Å². The monoisotopic (exact) mass is 398 g/mol. The Morgan fingerprint density at radius 1 is 1.17 bits per heavy atom. The lowest BCUT2D eigenvalue weighted by atomic mass is 9.76. The van der Waals surface area contributed by atoms with Gasteiger partial charge in [-0.25, -0.2) is 0 Å². The largest absolute Gasteiger partial charge is 0.487 e. The molecule has 1 unspecified atom stereocenters. The average molecular weight is 399 g/mol. The van der Waals surface area contributed by atoms with Gasteiger partial charge in [-0.2, -0.15) is 0 Å². The van der Waals surface area contributed by atoms with E-state index in [9.17, 15) is 9.59 Å². The number of likely N-dealkylation sites (tertiary alicyclic amines) is 1. The van der Waals surface area contributed by atoms with E-state index < -0.39 is 0 Å². The normalized spacial score (nSPS) is 23.7. The molecule has 0 bridgehead atoms. The molecule has 1 aromatic rings. The smallest absolute Gasteiger partial charge is 0.225 e. The second-order valence-corrected chi connectivity index (χ2v) is 9.46. The van der Waals surface area contributed by atoms with Crippen LogP contribution < -0.4 is 10.1 Å². The number of ether oxygens (including phenoxy) is 1. The second-order valence-electron chi connectivity index (χ2n) is 9.46. The Morgan fingerprint density at radius 2 is 1.86 bits per heavy atom. The molecule has 1 atom stereocenters. The SMILES string of the molecule is CC(C)NC(=O)CC1CC2(CCN(C(=O)C3CCCC3)CC2)Oc2ccccc21. The van der Waals surface area contributed by atoms with E-state index in [0.717, 1.165) is 56.5 Å². The fourth-order valence-electron chi connectivity index (χ4n) is 5.40. The molecule has 4 rings (SSSR count). The fourth-order valence-corrected chi connectivity index (χ4v) is 5.40. The maximum Gasteiger partial charge on any atom is 0.225 e. The highest BCUT2D eigenvalue weighted by molar-refractivity contribution is 5.79. The molecule has 2 heterocycles. The molecule has 2 fully saturated rings. The third-order valence-electron chi connectivity index (χ3n) is 6.88. The molecule has 29 heavy (non-hydrogen) atoms. The summed E-state index contributed by atoms with van der Waals surface area (Å²) in [6.45, 7) is 5.52. The van der Waals surface area contributed by atoms with Crippen molar-refractivity contribution in [2.24, 2.45) is 5.92 Å². The number of fused-ring (bicyclic) bond motifs is 1. The third-order valence-corrected chi connectivity index (χ3v) is 6.88. The molecule has 1 spiro atoms. The first-order valence-electron chi connectivity index (χ1n) is 11.3. The number of hydrogen-bond acceptors (Lipinski definition) is 3. The summed E-state index contributed by atoms with van der Waals surface area (Å²) < 4.78 is 6.54. The molecule has 2 aliphatic heterocycles. The summed E-state index contributed by atoms with van der Waals surface area (Å²) in [5.41, 5.74) is 0.880. The van der Waals surface area contributed by atoms with Crippen LogP contribution in [-0.2, 0) is 9.59 Å². The van der Waals surface area contributed by atoms with E-state index in [1.165, 1.54) is 12.8 Å². The number of carbonyl (C=O) groups is 2. The van der Waals surface area contributed by atoms with Crippen molar-refractivity contribution in [2.75, 3.05) is 13.1 Å². The molecular weight excluding hydrogens is 364 g/mol. The van der Waals surface area contributed by atoms with Crippen molar-refractivity contribution in [2.45, 2.75) is 82.8 Å². The number of amides is 2. The van der Waals surface area contributed by atoms with Crippen molar-refractivity contribution in [3.05, 3.63) is 29.8 Å². The van der Waals surface area contributed by atoms with Crippen molar-refractivity contribution >= 4 is 11.8 Å². The molecule has 158 valence electrons. The van der Waals surface area contributed by atoms with Gasteiger partial charge in [0.2, 0.25) is 11.8 Å². The van der Waals surface area contributed by atoms with E-state index in [0.29, 0.717) is 12.3 Å². The quantitative estimate of drug-likeness (QED) is 0.833. The summed E-state index contributed by atoms with van der Waals surface area (Å²) in [6, 6.07) is 8.29. The molecule has 1 saturated heterocycles. The summed E-state index contributed by atoms with van der Waals surface area (Å²) in [7, 11) is 0. The van der Waals surface area contributed by atoms with Gasteiger partial charge in [-0.15, -0.1) is 0 Å². The van der Waals surface area contributed by atoms with E-state index in [-0.39, 0.29) is 29.4 Å². The lowest BCUT2D eigenvalue weighted by Crippen LogP contribution is -2.52. The third kappa shape index (κ3) is 4.44. The lowest BCUT2D eigenvalue weighted by Gasteiger charge is -2.47. The number of hydrogen-bond donors (Lipinski definition) is 1. The molecule has 0 radical (unpaired) electrons. The molecular formula is C24H34N2O3. The van der Waals surface area contributed by atoms with E-state index in [4.69, 9.17) is 4.74 Å². The molecule has 1 aromatic carbocycles. The van der Waals surface area contributed by atoms with Crippen LogP contribution >= 0.6 is 0 Å². The Hall–Kier alpha value is -2.04. The van der Waals surface area contributed by atoms with Gasteiger partial charge in [0.15, 0.2) is 0 Å². The fraction of sp³-hybridized carbons (Fsp3) is 0.667. The Morgan fingerprint density at radius 3 is 2.55 bits per heavy atom. The molecule has 0 aromatic heterocycles. The summed E-state index contributed by atoms with van der Waals surface area (Å²) in [5.74, 6) is 1.77. The number of nitrogens with one attached hydrogen (secondary N) is 1. The number of piperidine rings is 1. The summed E-state index contributed by atoms with van der Waals surface area (Å²) in [4.78, 5) is 27.4. The number of rotatable bonds is 4. The highest BCUT2D eigenvalue weighted by atomic mass is 16.5. The van der Waals surface area contributed by atoms with Gasteiger partial charge in [-0.1, -0.05) is 31.0 Å². The molecule has 5 nitrogen and oxygen atoms in total. The number of carbonyl (C=O) groups excluding carboxylic acids is 2. The van der Waals surface area contributed by atoms with Crippen LogP contribution in [0.1, 0.15) is 76.7 Å². The topological polar surface area (TPSA) is 58.6 Å². The zero-order valence-electron chi connectivity index (χ0n) is 17.8. The van der Waals surface area contributed by atoms with Gasteiger partial charge in [0.25, 0.3) is 0 Å². The van der Waals surface area contributed by atoms with Crippen LogP contribution in [0.3, 0.4) is 0 Å². The Balaban J connectivity index is 1.46. The van der Waals surface area contributed by atoms with Crippen molar-refractivity contribution in [3.63, 3.8) is 0 Å². The molecule has 1 N–H and O–H groups in total. The number of para-hydroxylation sites is 1. The van der Waals surface area contributed by atoms with Gasteiger partial charge in [-0.05, 0) is 44.7 Å². The predicted molar refractivity (Wildman–Crippen MR) is 113 cm³/mol. The first-order chi connectivity index (χ1) is 14.0. The molecule has 2 amide bonds. The predicted octanol–water partition coefficient (Wildman–Crippen LogP) is 4.02. The van der Waals surface area contributed by atoms with Gasteiger partial charge in [-0.3, -0.25) is 9.59 Å². The highest BCUT2D eigenvalue weighted by Crippen LogP contribution is 2.46. The molecule has 1 aliphatic carbocycles. The maximum absolute atomic E-state index is 12.8. The van der Waals surface area contributed by atoms with E-state index in [1.807, 2.05) is 32.0 Å². The van der Waals surface area contributed by atoms with Gasteiger partial charge in [0.05, 0.1) is 0 Å². The van der Waals surface area contributed by atoms with Crippen molar-refractivity contribution in [1.82, 2.24) is 10.2 Å². The van der Waals surface area contributed by atoms with Crippen LogP contribution in [0.4, 0.5) is 0 Å². The minimum atomic E-state index is -0.260. The van der Waals surface area contributed by atoms with Gasteiger partial charge in [0.1, 0.15) is 11.4 Å². The molecule has 5 heteroatoms. The van der Waals surface area contributed by atoms with Crippen LogP contribution in [0.2, 0.25) is 0 Å². The molecule has 1 saturated carbocycles. The first-order valence-corrected chi connectivity index (χ1v) is 11.3. The minimum Gasteiger partial charge on any atom is -0.487 e. The zero-order chi connectivity index (χ0) is 20.4. The first kappa shape index (κ1) is 20.2. The number of benzene rings is 1. The van der Waals surface area contributed by atoms with Crippen LogP contribution in [0, 0.1) is 5.92 Å². The standard InChI is InChI=1S/C24H34N2O3/c1-17(2)25-22(27)15-19-16-24(29-21-10-6-5-9-20(19)21)11-13-26(14-12-24)23(28)18-7-3-4-8-18/h5-6,9-10,17-19H,3-4,7-8,11-16H2,1-2H3,(H,25,27). The van der Waals surface area contributed by atoms with Crippen molar-refractivity contribution in [1.29, 1.82) is 0 Å². The van der Waals surface area contributed by atoms with Gasteiger partial charge >= 0.3 is 0 Å². The lowest BCUT2D eigenvalue weighted by molar-refractivity contribution is -0.139. The number of nitrogens with zero attached hydrogens (tertiary/aromatic N) is 1. The Labute approximate surface area is 174 Å². The van der Waals surface area contributed by atoms with Crippen LogP contribution in [-0.4, -0.2) is 41.4 Å². The average Bonchev–Trinajstić information content (AvgIpc) is 3.22. The van der Waals surface area contributed by atoms with Gasteiger partial charge < -0.3 is 15.0 Å². The summed E-state index contributed by atoms with van der Waals surface area (Å²) in [5, 5.41) is 3.03. The van der Waals surface area contributed by atoms with E-state index in [1.54, 1.807) is 0 Å². The molecule has 3 aliphatic rings. The zero-order valence-corrected chi connectivity index (χ0v) is 17.8. The van der Waals surface area contributed by atoms with Crippen LogP contribution in [0.15, 0.2) is 24.3 Å². The Bertz CT molecular complexity index is 746. The van der Waals surface area contributed by atoms with Crippen LogP contribution in [0.5, 0.6) is 5.75 Å². The Kier molecular flexibility index (Phi) is 5.84. The second kappa shape index (κ2) is 8.37. The van der Waals surface area contributed by atoms with Crippen molar-refractivity contribution < 1.29 is 14.3 Å². The minimum absolute atomic E-state index is 0.103. The highest BCUT2D eigenvalue weighted by Gasteiger charge is 2.44. The summed E-state index contributed by atoms with van der Waals surface area (Å²) >= 11 is 0. The van der Waals surface area contributed by atoms with E-state index >= 15 is 0 Å². The van der Waals surface area contributed by atoms with E-state index in [2.05, 4.69) is 16.3 Å². The maximum atomic E-state index is 12.8. The van der Waals surface area contributed by atoms with Crippen LogP contribution in [0.25, 0.3) is 0 Å². The van der Waals surface area contributed by atoms with Crippen molar-refractivity contribution in [3.8, 4) is 5.75 Å².